The van der Waals surface area contributed by atoms with Crippen molar-refractivity contribution in [2.24, 2.45) is 5.14 Å². The van der Waals surface area contributed by atoms with Crippen LogP contribution in [0.1, 0.15) is 17.3 Å². The van der Waals surface area contributed by atoms with E-state index in [9.17, 15) is 18.0 Å². The van der Waals surface area contributed by atoms with Crippen molar-refractivity contribution < 1.29 is 27.5 Å². The Labute approximate surface area is 120 Å². The van der Waals surface area contributed by atoms with Crippen molar-refractivity contribution in [1.82, 2.24) is 0 Å². The maximum atomic E-state index is 11.8. The van der Waals surface area contributed by atoms with Gasteiger partial charge in [-0.1, -0.05) is 11.6 Å². The number of benzene rings is 1. The minimum absolute atomic E-state index is 0.103. The summed E-state index contributed by atoms with van der Waals surface area (Å²) in [6.07, 6.45) is -1.12. The molecule has 1 rings (SSSR count). The Hall–Kier alpha value is -1.64. The van der Waals surface area contributed by atoms with Crippen LogP contribution >= 0.6 is 11.6 Å². The number of halogens is 1. The predicted molar refractivity (Wildman–Crippen MR) is 69.7 cm³/mol. The summed E-state index contributed by atoms with van der Waals surface area (Å²) in [5, 5.41) is 4.84. The lowest BCUT2D eigenvalue weighted by molar-refractivity contribution is -0.149. The highest BCUT2D eigenvalue weighted by Gasteiger charge is 2.21. The first-order chi connectivity index (χ1) is 9.16. The number of primary sulfonamides is 1. The Morgan fingerprint density at radius 3 is 2.45 bits per heavy atom. The number of ether oxygens (including phenoxy) is 2. The summed E-state index contributed by atoms with van der Waals surface area (Å²) < 4.78 is 31.7. The molecule has 2 N–H and O–H groups in total. The Morgan fingerprint density at radius 2 is 1.95 bits per heavy atom. The molecule has 0 aliphatic carbocycles. The van der Waals surface area contributed by atoms with Crippen molar-refractivity contribution >= 4 is 33.6 Å². The molecule has 0 aromatic heterocycles. The summed E-state index contributed by atoms with van der Waals surface area (Å²) in [5.74, 6) is -1.64. The van der Waals surface area contributed by atoms with Gasteiger partial charge in [-0.3, -0.25) is 0 Å². The molecule has 0 heterocycles. The quantitative estimate of drug-likeness (QED) is 0.817. The van der Waals surface area contributed by atoms with E-state index in [1.54, 1.807) is 0 Å². The van der Waals surface area contributed by atoms with Gasteiger partial charge in [0.1, 0.15) is 4.90 Å². The Bertz CT molecular complexity index is 642. The minimum atomic E-state index is -4.07. The number of carbonyl (C=O) groups is 2. The van der Waals surface area contributed by atoms with Crippen LogP contribution in [0.3, 0.4) is 0 Å². The van der Waals surface area contributed by atoms with Gasteiger partial charge in [0.2, 0.25) is 10.0 Å². The van der Waals surface area contributed by atoms with Gasteiger partial charge in [-0.2, -0.15) is 0 Å². The smallest absolute Gasteiger partial charge is 0.346 e. The summed E-state index contributed by atoms with van der Waals surface area (Å²) in [4.78, 5) is 22.5. The molecule has 1 atom stereocenters. The van der Waals surface area contributed by atoms with E-state index in [1.165, 1.54) is 19.1 Å². The molecule has 0 saturated heterocycles. The number of rotatable bonds is 4. The fraction of sp³-hybridized carbons (Fsp3) is 0.273. The molecule has 0 spiro atoms. The molecule has 0 radical (unpaired) electrons. The van der Waals surface area contributed by atoms with Crippen LogP contribution in [0.25, 0.3) is 0 Å². The van der Waals surface area contributed by atoms with E-state index in [0.717, 1.165) is 13.2 Å². The minimum Gasteiger partial charge on any atom is -0.466 e. The Balaban J connectivity index is 3.04. The zero-order valence-corrected chi connectivity index (χ0v) is 12.2. The van der Waals surface area contributed by atoms with Crippen molar-refractivity contribution in [2.75, 3.05) is 7.11 Å². The molecule has 1 aromatic carbocycles. The second-order valence-corrected chi connectivity index (χ2v) is 5.70. The number of hydrogen-bond donors (Lipinski definition) is 1. The van der Waals surface area contributed by atoms with Crippen molar-refractivity contribution in [3.63, 3.8) is 0 Å². The molecular weight excluding hydrogens is 310 g/mol. The fourth-order valence-electron chi connectivity index (χ4n) is 1.29. The topological polar surface area (TPSA) is 113 Å². The molecule has 1 unspecified atom stereocenters. The van der Waals surface area contributed by atoms with Crippen molar-refractivity contribution in [3.05, 3.63) is 28.8 Å². The average molecular weight is 322 g/mol. The summed E-state index contributed by atoms with van der Waals surface area (Å²) >= 11 is 5.68. The normalized spacial score (nSPS) is 12.6. The first-order valence-electron chi connectivity index (χ1n) is 5.28. The van der Waals surface area contributed by atoms with Crippen LogP contribution in [-0.2, 0) is 24.3 Å². The van der Waals surface area contributed by atoms with Gasteiger partial charge in [-0.25, -0.2) is 23.1 Å². The first kappa shape index (κ1) is 16.4. The first-order valence-corrected chi connectivity index (χ1v) is 7.20. The number of carbonyl (C=O) groups excluding carboxylic acids is 2. The van der Waals surface area contributed by atoms with Crippen molar-refractivity contribution in [2.45, 2.75) is 17.9 Å². The summed E-state index contributed by atoms with van der Waals surface area (Å²) in [5.41, 5.74) is -0.103. The summed E-state index contributed by atoms with van der Waals surface area (Å²) in [6, 6.07) is 3.42. The van der Waals surface area contributed by atoms with Gasteiger partial charge in [0, 0.05) is 0 Å². The second kappa shape index (κ2) is 6.21. The highest BCUT2D eigenvalue weighted by atomic mass is 35.5. The number of hydrogen-bond acceptors (Lipinski definition) is 6. The number of methoxy groups -OCH3 is 1. The van der Waals surface area contributed by atoms with E-state index >= 15 is 0 Å². The van der Waals surface area contributed by atoms with Gasteiger partial charge < -0.3 is 9.47 Å². The lowest BCUT2D eigenvalue weighted by Crippen LogP contribution is -2.25. The largest absolute Gasteiger partial charge is 0.466 e. The highest BCUT2D eigenvalue weighted by Crippen LogP contribution is 2.22. The molecule has 20 heavy (non-hydrogen) atoms. The van der Waals surface area contributed by atoms with E-state index < -0.39 is 33.0 Å². The number of nitrogens with two attached hydrogens (primary N) is 1. The van der Waals surface area contributed by atoms with Crippen LogP contribution in [-0.4, -0.2) is 33.6 Å². The van der Waals surface area contributed by atoms with E-state index in [0.29, 0.717) is 0 Å². The average Bonchev–Trinajstić information content (AvgIpc) is 2.36. The van der Waals surface area contributed by atoms with Crippen LogP contribution in [0, 0.1) is 0 Å². The molecule has 110 valence electrons. The predicted octanol–water partition coefficient (Wildman–Crippen LogP) is 0.706. The molecule has 0 fully saturated rings. The van der Waals surface area contributed by atoms with Crippen LogP contribution < -0.4 is 5.14 Å². The van der Waals surface area contributed by atoms with E-state index in [4.69, 9.17) is 21.5 Å². The van der Waals surface area contributed by atoms with Crippen LogP contribution in [0.5, 0.6) is 0 Å². The summed E-state index contributed by atoms with van der Waals surface area (Å²) in [6.45, 7) is 1.32. The molecule has 0 amide bonds. The van der Waals surface area contributed by atoms with Crippen molar-refractivity contribution in [3.8, 4) is 0 Å². The zero-order chi connectivity index (χ0) is 15.5. The molecule has 7 nitrogen and oxygen atoms in total. The van der Waals surface area contributed by atoms with Gasteiger partial charge in [0.05, 0.1) is 17.7 Å². The van der Waals surface area contributed by atoms with E-state index in [2.05, 4.69) is 4.74 Å². The monoisotopic (exact) mass is 321 g/mol. The molecule has 0 bridgehead atoms. The summed E-state index contributed by atoms with van der Waals surface area (Å²) in [7, 11) is -2.92. The standard InChI is InChI=1S/C11H12ClNO6S/c1-6(10(14)18-2)19-11(15)7-3-4-8(12)9(5-7)20(13,16)17/h3-6H,1-2H3,(H2,13,16,17). The third kappa shape index (κ3) is 3.92. The molecule has 0 saturated carbocycles. The van der Waals surface area contributed by atoms with Crippen LogP contribution in [0.15, 0.2) is 23.1 Å². The highest BCUT2D eigenvalue weighted by molar-refractivity contribution is 7.89. The maximum Gasteiger partial charge on any atom is 0.346 e. The molecule has 1 aromatic rings. The van der Waals surface area contributed by atoms with Gasteiger partial charge in [0.15, 0.2) is 6.10 Å². The zero-order valence-electron chi connectivity index (χ0n) is 10.6. The van der Waals surface area contributed by atoms with Gasteiger partial charge in [0.25, 0.3) is 0 Å². The SMILES string of the molecule is COC(=O)C(C)OC(=O)c1ccc(Cl)c(S(N)(=O)=O)c1. The van der Waals surface area contributed by atoms with E-state index in [1.807, 2.05) is 0 Å². The maximum absolute atomic E-state index is 11.8. The molecule has 0 aliphatic rings. The van der Waals surface area contributed by atoms with E-state index in [-0.39, 0.29) is 10.6 Å². The van der Waals surface area contributed by atoms with Gasteiger partial charge in [-0.05, 0) is 25.1 Å². The second-order valence-electron chi connectivity index (χ2n) is 3.76. The van der Waals surface area contributed by atoms with Gasteiger partial charge in [-0.15, -0.1) is 0 Å². The molecule has 9 heteroatoms. The Morgan fingerprint density at radius 1 is 1.35 bits per heavy atom. The van der Waals surface area contributed by atoms with Crippen molar-refractivity contribution in [1.29, 1.82) is 0 Å². The lowest BCUT2D eigenvalue weighted by atomic mass is 10.2. The third-order valence-electron chi connectivity index (χ3n) is 2.29. The lowest BCUT2D eigenvalue weighted by Gasteiger charge is -2.11. The number of sulfonamides is 1. The van der Waals surface area contributed by atoms with Crippen LogP contribution in [0.4, 0.5) is 0 Å². The third-order valence-corrected chi connectivity index (χ3v) is 3.68. The molecule has 0 aliphatic heterocycles. The molecular formula is C11H12ClNO6S. The van der Waals surface area contributed by atoms with Crippen LogP contribution in [0.2, 0.25) is 5.02 Å². The Kier molecular flexibility index (Phi) is 5.09. The fourth-order valence-corrected chi connectivity index (χ4v) is 2.36. The van der Waals surface area contributed by atoms with Gasteiger partial charge >= 0.3 is 11.9 Å². The number of esters is 2.